The Kier molecular flexibility index (Phi) is 11.6. The average molecular weight is 573 g/mol. The third-order valence-electron chi connectivity index (χ3n) is 8.62. The highest BCUT2D eigenvalue weighted by Gasteiger charge is 2.39. The number of hydrogen-bond acceptors (Lipinski definition) is 6. The molecule has 41 heavy (non-hydrogen) atoms. The highest BCUT2D eigenvalue weighted by atomic mass is 16.5. The van der Waals surface area contributed by atoms with Crippen LogP contribution in [0, 0.1) is 17.3 Å². The maximum atomic E-state index is 13.8. The predicted octanol–water partition coefficient (Wildman–Crippen LogP) is 3.26. The highest BCUT2D eigenvalue weighted by molar-refractivity contribution is 5.89. The van der Waals surface area contributed by atoms with Crippen molar-refractivity contribution < 1.29 is 29.1 Å². The van der Waals surface area contributed by atoms with Crippen molar-refractivity contribution in [1.29, 1.82) is 0 Å². The second kappa shape index (κ2) is 14.7. The Morgan fingerprint density at radius 2 is 1.71 bits per heavy atom. The molecule has 1 aromatic carbocycles. The number of likely N-dealkylation sites (N-methyl/N-ethyl adjacent to an activating group) is 1. The molecule has 0 bridgehead atoms. The van der Waals surface area contributed by atoms with E-state index < -0.39 is 17.4 Å². The number of methoxy groups -OCH3 is 1. The van der Waals surface area contributed by atoms with E-state index in [0.29, 0.717) is 56.2 Å². The van der Waals surface area contributed by atoms with E-state index in [9.17, 15) is 24.4 Å². The van der Waals surface area contributed by atoms with E-state index in [4.69, 9.17) is 4.74 Å². The van der Waals surface area contributed by atoms with Crippen LogP contribution in [-0.4, -0.2) is 90.1 Å². The number of hydroxylamine groups is 2. The van der Waals surface area contributed by atoms with Crippen molar-refractivity contribution in [3.63, 3.8) is 0 Å². The lowest BCUT2D eigenvalue weighted by molar-refractivity contribution is -0.156. The van der Waals surface area contributed by atoms with Crippen molar-refractivity contribution in [2.75, 3.05) is 33.8 Å². The molecule has 10 nitrogen and oxygen atoms in total. The smallest absolute Gasteiger partial charge is 0.245 e. The van der Waals surface area contributed by atoms with Crippen LogP contribution in [0.25, 0.3) is 0 Å². The lowest BCUT2D eigenvalue weighted by atomic mass is 9.84. The van der Waals surface area contributed by atoms with Crippen molar-refractivity contribution in [2.45, 2.75) is 84.2 Å². The fourth-order valence-electron chi connectivity index (χ4n) is 6.01. The molecule has 2 aliphatic rings. The molecule has 2 atom stereocenters. The number of piperidine rings is 1. The molecule has 1 aliphatic heterocycles. The number of nitrogens with zero attached hydrogens (tertiary/aromatic N) is 3. The summed E-state index contributed by atoms with van der Waals surface area (Å²) in [5.41, 5.74) is 0.370. The van der Waals surface area contributed by atoms with Gasteiger partial charge in [-0.15, -0.1) is 0 Å². The molecule has 1 saturated heterocycles. The van der Waals surface area contributed by atoms with Crippen LogP contribution in [0.1, 0.15) is 71.3 Å². The Morgan fingerprint density at radius 3 is 2.24 bits per heavy atom. The first-order chi connectivity index (χ1) is 19.4. The van der Waals surface area contributed by atoms with Gasteiger partial charge in [-0.3, -0.25) is 24.4 Å². The van der Waals surface area contributed by atoms with Crippen LogP contribution >= 0.6 is 0 Å². The van der Waals surface area contributed by atoms with Gasteiger partial charge in [0.15, 0.2) is 0 Å². The number of ether oxygens (including phenoxy) is 1. The van der Waals surface area contributed by atoms with E-state index in [1.54, 1.807) is 19.1 Å². The van der Waals surface area contributed by atoms with Gasteiger partial charge in [-0.25, -0.2) is 5.06 Å². The van der Waals surface area contributed by atoms with Gasteiger partial charge < -0.3 is 19.9 Å². The van der Waals surface area contributed by atoms with E-state index >= 15 is 0 Å². The largest absolute Gasteiger partial charge is 0.497 e. The van der Waals surface area contributed by atoms with Crippen molar-refractivity contribution in [3.8, 4) is 5.75 Å². The van der Waals surface area contributed by atoms with Crippen LogP contribution in [0.15, 0.2) is 24.3 Å². The van der Waals surface area contributed by atoms with Crippen LogP contribution in [0.4, 0.5) is 0 Å². The fourth-order valence-corrected chi connectivity index (χ4v) is 6.01. The summed E-state index contributed by atoms with van der Waals surface area (Å²) in [6.45, 7) is 6.77. The third-order valence-corrected chi connectivity index (χ3v) is 8.62. The Bertz CT molecular complexity index is 1030. The molecule has 2 fully saturated rings. The predicted molar refractivity (Wildman–Crippen MR) is 155 cm³/mol. The first kappa shape index (κ1) is 32.4. The van der Waals surface area contributed by atoms with Gasteiger partial charge in [0.1, 0.15) is 11.8 Å². The number of carbonyl (C=O) groups is 4. The fraction of sp³-hybridized carbons (Fsp3) is 0.677. The summed E-state index contributed by atoms with van der Waals surface area (Å²) in [4.78, 5) is 54.8. The van der Waals surface area contributed by atoms with Gasteiger partial charge in [0.2, 0.25) is 24.1 Å². The van der Waals surface area contributed by atoms with E-state index in [2.05, 4.69) is 5.32 Å². The number of carbonyl (C=O) groups excluding carboxylic acids is 4. The van der Waals surface area contributed by atoms with Crippen LogP contribution < -0.4 is 10.1 Å². The molecule has 1 aliphatic carbocycles. The molecule has 0 unspecified atom stereocenters. The van der Waals surface area contributed by atoms with E-state index in [1.165, 1.54) is 0 Å². The van der Waals surface area contributed by atoms with E-state index in [-0.39, 0.29) is 30.3 Å². The van der Waals surface area contributed by atoms with Crippen molar-refractivity contribution in [1.82, 2.24) is 20.2 Å². The minimum Gasteiger partial charge on any atom is -0.497 e. The molecule has 1 heterocycles. The van der Waals surface area contributed by atoms with Gasteiger partial charge in [0, 0.05) is 26.2 Å². The Hall–Kier alpha value is -3.14. The lowest BCUT2D eigenvalue weighted by Crippen LogP contribution is -2.58. The summed E-state index contributed by atoms with van der Waals surface area (Å²) < 4.78 is 5.19. The molecule has 1 aromatic rings. The zero-order chi connectivity index (χ0) is 30.2. The van der Waals surface area contributed by atoms with Crippen LogP contribution in [0.5, 0.6) is 5.75 Å². The van der Waals surface area contributed by atoms with Gasteiger partial charge in [-0.2, -0.15) is 0 Å². The molecule has 0 aromatic heterocycles. The molecule has 228 valence electrons. The van der Waals surface area contributed by atoms with Gasteiger partial charge >= 0.3 is 0 Å². The van der Waals surface area contributed by atoms with E-state index in [1.807, 2.05) is 49.9 Å². The Labute approximate surface area is 244 Å². The number of nitrogens with one attached hydrogen (secondary N) is 1. The number of amides is 4. The quantitative estimate of drug-likeness (QED) is 0.225. The van der Waals surface area contributed by atoms with Gasteiger partial charge in [0.25, 0.3) is 0 Å². The third kappa shape index (κ3) is 9.18. The van der Waals surface area contributed by atoms with Crippen LogP contribution in [-0.2, 0) is 25.6 Å². The highest BCUT2D eigenvalue weighted by Crippen LogP contribution is 2.31. The normalized spacial score (nSPS) is 18.0. The summed E-state index contributed by atoms with van der Waals surface area (Å²) in [7, 11) is 3.38. The summed E-state index contributed by atoms with van der Waals surface area (Å²) in [5.74, 6) is 0.0818. The van der Waals surface area contributed by atoms with Gasteiger partial charge in [0.05, 0.1) is 26.0 Å². The molecule has 2 N–H and O–H groups in total. The zero-order valence-corrected chi connectivity index (χ0v) is 25.3. The summed E-state index contributed by atoms with van der Waals surface area (Å²) in [5, 5.41) is 13.4. The monoisotopic (exact) mass is 572 g/mol. The van der Waals surface area contributed by atoms with Crippen molar-refractivity contribution >= 4 is 24.1 Å². The number of benzene rings is 1. The topological polar surface area (TPSA) is 119 Å². The molecule has 3 rings (SSSR count). The maximum absolute atomic E-state index is 13.8. The van der Waals surface area contributed by atoms with E-state index in [0.717, 1.165) is 37.0 Å². The first-order valence-corrected chi connectivity index (χ1v) is 14.8. The summed E-state index contributed by atoms with van der Waals surface area (Å²) >= 11 is 0. The van der Waals surface area contributed by atoms with Crippen LogP contribution in [0.2, 0.25) is 0 Å². The second-order valence-corrected chi connectivity index (χ2v) is 12.7. The van der Waals surface area contributed by atoms with Gasteiger partial charge in [-0.05, 0) is 48.3 Å². The maximum Gasteiger partial charge on any atom is 0.245 e. The average Bonchev–Trinajstić information content (AvgIpc) is 3.47. The minimum absolute atomic E-state index is 0.0495. The van der Waals surface area contributed by atoms with Crippen LogP contribution in [0.3, 0.4) is 0 Å². The number of likely N-dealkylation sites (tertiary alicyclic amines) is 1. The molecule has 4 amide bonds. The van der Waals surface area contributed by atoms with Gasteiger partial charge in [-0.1, -0.05) is 58.6 Å². The number of hydrogen-bond donors (Lipinski definition) is 2. The second-order valence-electron chi connectivity index (χ2n) is 12.7. The lowest BCUT2D eigenvalue weighted by Gasteiger charge is -2.40. The summed E-state index contributed by atoms with van der Waals surface area (Å²) in [6.07, 6.45) is 6.81. The first-order valence-electron chi connectivity index (χ1n) is 14.8. The molecular weight excluding hydrogens is 524 g/mol. The number of rotatable bonds is 12. The van der Waals surface area contributed by atoms with Crippen molar-refractivity contribution in [3.05, 3.63) is 29.8 Å². The standard InChI is InChI=1S/C31H48N4O6/c1-31(2,3)28(32-29(38)24(20-35(40)21-36)18-22-8-6-7-9-22)30(39)33(4)25-14-16-34(17-15-25)27(37)19-23-10-12-26(41-5)13-11-23/h10-13,21-22,24-25,28,40H,6-9,14-20H2,1-5H3,(H,32,38)/t24-,28-/m1/s1. The molecular formula is C31H48N4O6. The minimum atomic E-state index is -0.774. The molecule has 10 heteroatoms. The Morgan fingerprint density at radius 1 is 1.10 bits per heavy atom. The SMILES string of the molecule is COc1ccc(CC(=O)N2CCC(N(C)C(=O)[C@@H](NC(=O)[C@H](CC3CCCC3)CN(O)C=O)C(C)(C)C)CC2)cc1. The molecule has 0 radical (unpaired) electrons. The molecule has 0 spiro atoms. The zero-order valence-electron chi connectivity index (χ0n) is 25.3. The summed E-state index contributed by atoms with van der Waals surface area (Å²) in [6, 6.07) is 6.66. The molecule has 1 saturated carbocycles. The Balaban J connectivity index is 1.60. The van der Waals surface area contributed by atoms with Crippen molar-refractivity contribution in [2.24, 2.45) is 17.3 Å².